The molecule has 31 heavy (non-hydrogen) atoms. The molecule has 0 aliphatic heterocycles. The van der Waals surface area contributed by atoms with E-state index in [1.807, 2.05) is 79.7 Å². The van der Waals surface area contributed by atoms with E-state index in [0.29, 0.717) is 17.0 Å². The van der Waals surface area contributed by atoms with E-state index < -0.39 is 0 Å². The summed E-state index contributed by atoms with van der Waals surface area (Å²) in [6.07, 6.45) is 2.61. The maximum absolute atomic E-state index is 13.5. The highest BCUT2D eigenvalue weighted by atomic mass is 16.5. The van der Waals surface area contributed by atoms with Gasteiger partial charge in [-0.05, 0) is 48.7 Å². The number of aryl methyl sites for hydroxylation is 2. The summed E-state index contributed by atoms with van der Waals surface area (Å²) in [5.41, 5.74) is 5.69. The average Bonchev–Trinajstić information content (AvgIpc) is 3.26. The zero-order valence-electron chi connectivity index (χ0n) is 17.9. The van der Waals surface area contributed by atoms with Crippen molar-refractivity contribution < 1.29 is 9.53 Å². The number of methoxy groups -OCH3 is 1. The zero-order chi connectivity index (χ0) is 21.8. The van der Waals surface area contributed by atoms with Crippen molar-refractivity contribution >= 4 is 11.6 Å². The molecule has 3 aromatic carbocycles. The van der Waals surface area contributed by atoms with Crippen LogP contribution in [-0.2, 0) is 6.42 Å². The Morgan fingerprint density at radius 2 is 1.74 bits per heavy atom. The van der Waals surface area contributed by atoms with Gasteiger partial charge in [-0.25, -0.2) is 4.68 Å². The molecule has 0 aliphatic carbocycles. The van der Waals surface area contributed by atoms with Gasteiger partial charge in [0.2, 0.25) is 0 Å². The minimum atomic E-state index is -0.202. The number of carbonyl (C=O) groups excluding carboxylic acids is 1. The SMILES string of the molecule is CCc1cccc(C)c1NC(=O)c1cn(-c2ccccc2)nc1-c1ccccc1OC. The lowest BCUT2D eigenvalue weighted by molar-refractivity contribution is 0.102. The largest absolute Gasteiger partial charge is 0.496 e. The summed E-state index contributed by atoms with van der Waals surface area (Å²) in [7, 11) is 1.62. The second kappa shape index (κ2) is 8.88. The van der Waals surface area contributed by atoms with E-state index in [4.69, 9.17) is 9.84 Å². The van der Waals surface area contributed by atoms with E-state index in [2.05, 4.69) is 12.2 Å². The van der Waals surface area contributed by atoms with Crippen LogP contribution in [0.1, 0.15) is 28.4 Å². The van der Waals surface area contributed by atoms with Crippen LogP contribution in [0.15, 0.2) is 79.0 Å². The molecule has 5 nitrogen and oxygen atoms in total. The Morgan fingerprint density at radius 3 is 2.48 bits per heavy atom. The molecule has 156 valence electrons. The third-order valence-corrected chi connectivity index (χ3v) is 5.32. The van der Waals surface area contributed by atoms with Crippen LogP contribution in [0.5, 0.6) is 5.75 Å². The van der Waals surface area contributed by atoms with Crippen LogP contribution in [0.25, 0.3) is 16.9 Å². The standard InChI is InChI=1S/C26H25N3O2/c1-4-19-12-10-11-18(2)24(19)27-26(30)22-17-29(20-13-6-5-7-14-20)28-25(22)21-15-8-9-16-23(21)31-3/h5-17H,4H2,1-3H3,(H,27,30). The molecule has 0 spiro atoms. The number of para-hydroxylation sites is 3. The monoisotopic (exact) mass is 411 g/mol. The quantitative estimate of drug-likeness (QED) is 0.445. The minimum absolute atomic E-state index is 0.202. The molecule has 0 atom stereocenters. The van der Waals surface area contributed by atoms with Crippen molar-refractivity contribution in [1.82, 2.24) is 9.78 Å². The van der Waals surface area contributed by atoms with Gasteiger partial charge in [0, 0.05) is 17.4 Å². The van der Waals surface area contributed by atoms with Crippen molar-refractivity contribution in [2.24, 2.45) is 0 Å². The molecule has 0 aliphatic rings. The van der Waals surface area contributed by atoms with E-state index in [1.165, 1.54) is 0 Å². The summed E-state index contributed by atoms with van der Waals surface area (Å²) in [4.78, 5) is 13.5. The predicted molar refractivity (Wildman–Crippen MR) is 124 cm³/mol. The molecule has 4 aromatic rings. The number of nitrogens with zero attached hydrogens (tertiary/aromatic N) is 2. The van der Waals surface area contributed by atoms with Gasteiger partial charge < -0.3 is 10.1 Å². The number of rotatable bonds is 6. The van der Waals surface area contributed by atoms with Gasteiger partial charge in [0.1, 0.15) is 11.4 Å². The fourth-order valence-electron chi connectivity index (χ4n) is 3.68. The maximum atomic E-state index is 13.5. The average molecular weight is 412 g/mol. The van der Waals surface area contributed by atoms with Crippen molar-refractivity contribution in [3.63, 3.8) is 0 Å². The van der Waals surface area contributed by atoms with Crippen LogP contribution < -0.4 is 10.1 Å². The molecular formula is C26H25N3O2. The van der Waals surface area contributed by atoms with Gasteiger partial charge in [-0.2, -0.15) is 5.10 Å². The van der Waals surface area contributed by atoms with Crippen LogP contribution in [-0.4, -0.2) is 22.8 Å². The van der Waals surface area contributed by atoms with Gasteiger partial charge >= 0.3 is 0 Å². The number of carbonyl (C=O) groups is 1. The summed E-state index contributed by atoms with van der Waals surface area (Å²) in [5, 5.41) is 7.89. The number of ether oxygens (including phenoxy) is 1. The topological polar surface area (TPSA) is 56.2 Å². The van der Waals surface area contributed by atoms with E-state index >= 15 is 0 Å². The lowest BCUT2D eigenvalue weighted by atomic mass is 10.0. The van der Waals surface area contributed by atoms with Crippen LogP contribution in [0.3, 0.4) is 0 Å². The number of aromatic nitrogens is 2. The van der Waals surface area contributed by atoms with Crippen molar-refractivity contribution in [3.05, 3.63) is 95.7 Å². The highest BCUT2D eigenvalue weighted by molar-refractivity contribution is 6.09. The van der Waals surface area contributed by atoms with Crippen molar-refractivity contribution in [3.8, 4) is 22.7 Å². The molecule has 0 bridgehead atoms. The smallest absolute Gasteiger partial charge is 0.259 e. The van der Waals surface area contributed by atoms with Gasteiger partial charge in [0.05, 0.1) is 18.4 Å². The molecular weight excluding hydrogens is 386 g/mol. The first-order chi connectivity index (χ1) is 15.1. The van der Waals surface area contributed by atoms with E-state index in [1.54, 1.807) is 18.0 Å². The molecule has 1 amide bonds. The first-order valence-corrected chi connectivity index (χ1v) is 10.3. The second-order valence-corrected chi connectivity index (χ2v) is 7.29. The molecule has 4 rings (SSSR count). The third kappa shape index (κ3) is 4.08. The van der Waals surface area contributed by atoms with E-state index in [-0.39, 0.29) is 5.91 Å². The van der Waals surface area contributed by atoms with Crippen LogP contribution >= 0.6 is 0 Å². The Balaban J connectivity index is 1.83. The normalized spacial score (nSPS) is 10.7. The Hall–Kier alpha value is -3.86. The molecule has 1 aromatic heterocycles. The fourth-order valence-corrected chi connectivity index (χ4v) is 3.68. The number of hydrogen-bond acceptors (Lipinski definition) is 3. The molecule has 0 saturated carbocycles. The molecule has 1 heterocycles. The van der Waals surface area contributed by atoms with Gasteiger partial charge in [0.25, 0.3) is 5.91 Å². The Bertz CT molecular complexity index is 1210. The van der Waals surface area contributed by atoms with Gasteiger partial charge in [-0.15, -0.1) is 0 Å². The maximum Gasteiger partial charge on any atom is 0.259 e. The molecule has 0 unspecified atom stereocenters. The summed E-state index contributed by atoms with van der Waals surface area (Å²) < 4.78 is 7.27. The molecule has 1 N–H and O–H groups in total. The molecule has 0 radical (unpaired) electrons. The van der Waals surface area contributed by atoms with E-state index in [9.17, 15) is 4.79 Å². The summed E-state index contributed by atoms with van der Waals surface area (Å²) in [6.45, 7) is 4.08. The Kier molecular flexibility index (Phi) is 5.85. The van der Waals surface area contributed by atoms with E-state index in [0.717, 1.165) is 34.5 Å². The predicted octanol–water partition coefficient (Wildman–Crippen LogP) is 5.67. The number of benzene rings is 3. The van der Waals surface area contributed by atoms with Crippen LogP contribution in [0, 0.1) is 6.92 Å². The zero-order valence-corrected chi connectivity index (χ0v) is 17.9. The lowest BCUT2D eigenvalue weighted by Crippen LogP contribution is -2.14. The highest BCUT2D eigenvalue weighted by Gasteiger charge is 2.22. The van der Waals surface area contributed by atoms with Crippen molar-refractivity contribution in [2.45, 2.75) is 20.3 Å². The van der Waals surface area contributed by atoms with Crippen LogP contribution in [0.4, 0.5) is 5.69 Å². The Morgan fingerprint density at radius 1 is 1.00 bits per heavy atom. The first-order valence-electron chi connectivity index (χ1n) is 10.3. The lowest BCUT2D eigenvalue weighted by Gasteiger charge is -2.13. The first kappa shape index (κ1) is 20.4. The Labute approximate surface area is 182 Å². The summed E-state index contributed by atoms with van der Waals surface area (Å²) in [6, 6.07) is 23.4. The number of amides is 1. The van der Waals surface area contributed by atoms with Crippen LogP contribution in [0.2, 0.25) is 0 Å². The third-order valence-electron chi connectivity index (χ3n) is 5.32. The highest BCUT2D eigenvalue weighted by Crippen LogP contribution is 2.32. The molecule has 5 heteroatoms. The number of anilines is 1. The number of nitrogens with one attached hydrogen (secondary N) is 1. The second-order valence-electron chi connectivity index (χ2n) is 7.29. The van der Waals surface area contributed by atoms with Gasteiger partial charge in [0.15, 0.2) is 0 Å². The summed E-state index contributed by atoms with van der Waals surface area (Å²) >= 11 is 0. The fraction of sp³-hybridized carbons (Fsp3) is 0.154. The minimum Gasteiger partial charge on any atom is -0.496 e. The van der Waals surface area contributed by atoms with Gasteiger partial charge in [-0.1, -0.05) is 55.5 Å². The van der Waals surface area contributed by atoms with Crippen molar-refractivity contribution in [1.29, 1.82) is 0 Å². The molecule has 0 saturated heterocycles. The number of hydrogen-bond donors (Lipinski definition) is 1. The van der Waals surface area contributed by atoms with Gasteiger partial charge in [-0.3, -0.25) is 4.79 Å². The summed E-state index contributed by atoms with van der Waals surface area (Å²) in [5.74, 6) is 0.465. The van der Waals surface area contributed by atoms with Crippen molar-refractivity contribution in [2.75, 3.05) is 12.4 Å². The molecule has 0 fully saturated rings.